The Morgan fingerprint density at radius 3 is 2.53 bits per heavy atom. The van der Waals surface area contributed by atoms with Crippen molar-refractivity contribution in [2.24, 2.45) is 0 Å². The SMILES string of the molecule is CC(C)(C#N)Nc1ccc(C2CCCC2)nn1. The monoisotopic (exact) mass is 230 g/mol. The number of hydrogen-bond donors (Lipinski definition) is 1. The molecule has 0 aromatic carbocycles. The van der Waals surface area contributed by atoms with Gasteiger partial charge in [-0.2, -0.15) is 10.4 Å². The standard InChI is InChI=1S/C13H18N4/c1-13(2,9-14)15-12-8-7-11(16-17-12)10-5-3-4-6-10/h7-8,10H,3-6H2,1-2H3,(H,15,17). The molecule has 1 saturated carbocycles. The van der Waals surface area contributed by atoms with E-state index in [1.807, 2.05) is 26.0 Å². The Labute approximate surface area is 102 Å². The minimum atomic E-state index is -0.608. The normalized spacial score (nSPS) is 16.8. The Balaban J connectivity index is 2.05. The number of nitrogens with zero attached hydrogens (tertiary/aromatic N) is 3. The predicted octanol–water partition coefficient (Wildman–Crippen LogP) is 2.85. The lowest BCUT2D eigenvalue weighted by Crippen LogP contribution is -2.29. The van der Waals surface area contributed by atoms with E-state index in [0.717, 1.165) is 5.69 Å². The second kappa shape index (κ2) is 4.70. The van der Waals surface area contributed by atoms with Gasteiger partial charge in [0.25, 0.3) is 0 Å². The van der Waals surface area contributed by atoms with Gasteiger partial charge in [-0.1, -0.05) is 12.8 Å². The maximum absolute atomic E-state index is 8.92. The summed E-state index contributed by atoms with van der Waals surface area (Å²) in [4.78, 5) is 0. The fraction of sp³-hybridized carbons (Fsp3) is 0.615. The van der Waals surface area contributed by atoms with E-state index in [0.29, 0.717) is 11.7 Å². The van der Waals surface area contributed by atoms with Crippen molar-refractivity contribution in [3.8, 4) is 6.07 Å². The van der Waals surface area contributed by atoms with Gasteiger partial charge in [0.05, 0.1) is 11.8 Å². The average molecular weight is 230 g/mol. The quantitative estimate of drug-likeness (QED) is 0.867. The third kappa shape index (κ3) is 2.94. The zero-order chi connectivity index (χ0) is 12.3. The first-order valence-corrected chi connectivity index (χ1v) is 6.14. The summed E-state index contributed by atoms with van der Waals surface area (Å²) in [6, 6.07) is 6.12. The molecule has 1 aliphatic rings. The Hall–Kier alpha value is -1.63. The second-order valence-corrected chi connectivity index (χ2v) is 5.19. The molecule has 0 aliphatic heterocycles. The minimum absolute atomic E-state index is 0.584. The number of rotatable bonds is 3. The molecule has 1 aliphatic carbocycles. The van der Waals surface area contributed by atoms with E-state index in [9.17, 15) is 0 Å². The van der Waals surface area contributed by atoms with Gasteiger partial charge in [0, 0.05) is 5.92 Å². The first-order valence-electron chi connectivity index (χ1n) is 6.14. The fourth-order valence-corrected chi connectivity index (χ4v) is 2.20. The van der Waals surface area contributed by atoms with Crippen molar-refractivity contribution in [3.05, 3.63) is 17.8 Å². The summed E-state index contributed by atoms with van der Waals surface area (Å²) in [5, 5.41) is 20.4. The van der Waals surface area contributed by atoms with E-state index in [1.165, 1.54) is 25.7 Å². The van der Waals surface area contributed by atoms with Crippen molar-refractivity contribution in [1.29, 1.82) is 5.26 Å². The smallest absolute Gasteiger partial charge is 0.149 e. The summed E-state index contributed by atoms with van der Waals surface area (Å²) in [6.45, 7) is 3.64. The first kappa shape index (κ1) is 11.8. The van der Waals surface area contributed by atoms with E-state index in [4.69, 9.17) is 5.26 Å². The molecule has 90 valence electrons. The molecule has 0 radical (unpaired) electrons. The zero-order valence-electron chi connectivity index (χ0n) is 10.4. The van der Waals surface area contributed by atoms with Crippen molar-refractivity contribution < 1.29 is 0 Å². The van der Waals surface area contributed by atoms with Crippen LogP contribution in [0.2, 0.25) is 0 Å². The number of nitrogens with one attached hydrogen (secondary N) is 1. The van der Waals surface area contributed by atoms with Crippen molar-refractivity contribution in [1.82, 2.24) is 10.2 Å². The van der Waals surface area contributed by atoms with Gasteiger partial charge in [-0.05, 0) is 38.8 Å². The Kier molecular flexibility index (Phi) is 3.28. The molecule has 4 heteroatoms. The molecule has 0 bridgehead atoms. The van der Waals surface area contributed by atoms with Crippen LogP contribution in [0.5, 0.6) is 0 Å². The fourth-order valence-electron chi connectivity index (χ4n) is 2.20. The van der Waals surface area contributed by atoms with Crippen LogP contribution in [0.4, 0.5) is 5.82 Å². The molecule has 17 heavy (non-hydrogen) atoms. The van der Waals surface area contributed by atoms with Gasteiger partial charge in [-0.3, -0.25) is 0 Å². The van der Waals surface area contributed by atoms with Crippen molar-refractivity contribution in [3.63, 3.8) is 0 Å². The number of nitriles is 1. The van der Waals surface area contributed by atoms with Gasteiger partial charge in [0.2, 0.25) is 0 Å². The molecule has 1 fully saturated rings. The lowest BCUT2D eigenvalue weighted by molar-refractivity contribution is 0.674. The van der Waals surface area contributed by atoms with E-state index in [-0.39, 0.29) is 0 Å². The van der Waals surface area contributed by atoms with Crippen LogP contribution >= 0.6 is 0 Å². The van der Waals surface area contributed by atoms with Gasteiger partial charge in [-0.25, -0.2) is 0 Å². The molecular weight excluding hydrogens is 212 g/mol. The molecule has 2 rings (SSSR count). The zero-order valence-corrected chi connectivity index (χ0v) is 10.4. The molecule has 0 saturated heterocycles. The summed E-state index contributed by atoms with van der Waals surface area (Å²) >= 11 is 0. The number of hydrogen-bond acceptors (Lipinski definition) is 4. The highest BCUT2D eigenvalue weighted by Gasteiger charge is 2.20. The van der Waals surface area contributed by atoms with E-state index < -0.39 is 5.54 Å². The topological polar surface area (TPSA) is 61.6 Å². The van der Waals surface area contributed by atoms with Crippen molar-refractivity contribution >= 4 is 5.82 Å². The summed E-state index contributed by atoms with van der Waals surface area (Å²) in [5.41, 5.74) is 0.478. The average Bonchev–Trinajstić information content (AvgIpc) is 2.83. The van der Waals surface area contributed by atoms with Gasteiger partial charge >= 0.3 is 0 Å². The molecule has 1 N–H and O–H groups in total. The summed E-state index contributed by atoms with van der Waals surface area (Å²) in [6.07, 6.45) is 5.05. The van der Waals surface area contributed by atoms with Crippen LogP contribution in [-0.2, 0) is 0 Å². The lowest BCUT2D eigenvalue weighted by Gasteiger charge is -2.18. The van der Waals surface area contributed by atoms with Gasteiger partial charge in [0.15, 0.2) is 0 Å². The Morgan fingerprint density at radius 1 is 1.29 bits per heavy atom. The molecule has 4 nitrogen and oxygen atoms in total. The lowest BCUT2D eigenvalue weighted by atomic mass is 10.0. The van der Waals surface area contributed by atoms with Crippen LogP contribution in [0.3, 0.4) is 0 Å². The van der Waals surface area contributed by atoms with Crippen molar-refractivity contribution in [2.45, 2.75) is 51.0 Å². The van der Waals surface area contributed by atoms with Crippen LogP contribution in [-0.4, -0.2) is 15.7 Å². The Bertz CT molecular complexity index is 410. The largest absolute Gasteiger partial charge is 0.351 e. The highest BCUT2D eigenvalue weighted by atomic mass is 15.2. The van der Waals surface area contributed by atoms with E-state index in [2.05, 4.69) is 21.6 Å². The molecule has 0 spiro atoms. The maximum Gasteiger partial charge on any atom is 0.149 e. The first-order chi connectivity index (χ1) is 8.11. The van der Waals surface area contributed by atoms with Crippen molar-refractivity contribution in [2.75, 3.05) is 5.32 Å². The highest BCUT2D eigenvalue weighted by molar-refractivity contribution is 5.39. The molecule has 0 unspecified atom stereocenters. The summed E-state index contributed by atoms with van der Waals surface area (Å²) in [7, 11) is 0. The summed E-state index contributed by atoms with van der Waals surface area (Å²) in [5.74, 6) is 1.25. The van der Waals surface area contributed by atoms with Gasteiger partial charge in [-0.15, -0.1) is 5.10 Å². The highest BCUT2D eigenvalue weighted by Crippen LogP contribution is 2.32. The molecule has 0 atom stereocenters. The maximum atomic E-state index is 8.92. The van der Waals surface area contributed by atoms with Gasteiger partial charge < -0.3 is 5.32 Å². The van der Waals surface area contributed by atoms with Crippen LogP contribution in [0.15, 0.2) is 12.1 Å². The predicted molar refractivity (Wildman–Crippen MR) is 66.6 cm³/mol. The summed E-state index contributed by atoms with van der Waals surface area (Å²) < 4.78 is 0. The second-order valence-electron chi connectivity index (χ2n) is 5.19. The Morgan fingerprint density at radius 2 is 2.00 bits per heavy atom. The molecule has 0 amide bonds. The van der Waals surface area contributed by atoms with E-state index >= 15 is 0 Å². The van der Waals surface area contributed by atoms with Crippen LogP contribution < -0.4 is 5.32 Å². The minimum Gasteiger partial charge on any atom is -0.351 e. The molecular formula is C13H18N4. The van der Waals surface area contributed by atoms with Gasteiger partial charge in [0.1, 0.15) is 11.4 Å². The van der Waals surface area contributed by atoms with Crippen LogP contribution in [0, 0.1) is 11.3 Å². The number of aromatic nitrogens is 2. The third-order valence-corrected chi connectivity index (χ3v) is 3.18. The third-order valence-electron chi connectivity index (χ3n) is 3.18. The van der Waals surface area contributed by atoms with E-state index in [1.54, 1.807) is 0 Å². The molecule has 1 aromatic heterocycles. The van der Waals surface area contributed by atoms with Crippen LogP contribution in [0.1, 0.15) is 51.1 Å². The molecule has 1 heterocycles. The number of anilines is 1. The van der Waals surface area contributed by atoms with Crippen LogP contribution in [0.25, 0.3) is 0 Å². The molecule has 1 aromatic rings.